The molecule has 1 heterocycles. The van der Waals surface area contributed by atoms with Crippen molar-refractivity contribution in [2.24, 2.45) is 0 Å². The van der Waals surface area contributed by atoms with E-state index in [4.69, 9.17) is 14.7 Å². The van der Waals surface area contributed by atoms with Crippen molar-refractivity contribution in [3.63, 3.8) is 0 Å². The first-order valence-corrected chi connectivity index (χ1v) is 12.9. The molecule has 1 aromatic rings. The minimum atomic E-state index is -3.97. The van der Waals surface area contributed by atoms with Crippen LogP contribution >= 0.6 is 11.8 Å². The van der Waals surface area contributed by atoms with Crippen molar-refractivity contribution in [3.8, 4) is 17.6 Å². The maximum atomic E-state index is 13.2. The molecule has 0 saturated carbocycles. The minimum Gasteiger partial charge on any atom is -0.481 e. The molecular weight excluding hydrogens is 468 g/mol. The summed E-state index contributed by atoms with van der Waals surface area (Å²) in [6.07, 6.45) is 2.22. The topological polar surface area (TPSA) is 122 Å². The highest BCUT2D eigenvalue weighted by Gasteiger charge is 2.48. The van der Waals surface area contributed by atoms with Crippen LogP contribution in [0.1, 0.15) is 40.0 Å². The van der Waals surface area contributed by atoms with Gasteiger partial charge in [-0.2, -0.15) is 16.1 Å². The molecule has 2 N–H and O–H groups in total. The summed E-state index contributed by atoms with van der Waals surface area (Å²) in [6.45, 7) is 5.63. The smallest absolute Gasteiger partial charge is 0.302 e. The molecular formula is C22H30N2O7S2. The summed E-state index contributed by atoms with van der Waals surface area (Å²) < 4.78 is 37.3. The van der Waals surface area contributed by atoms with Crippen LogP contribution in [0.15, 0.2) is 29.2 Å². The highest BCUT2D eigenvalue weighted by atomic mass is 32.2. The molecule has 1 atom stereocenters. The number of ether oxygens (including phenoxy) is 2. The molecule has 1 aliphatic heterocycles. The van der Waals surface area contributed by atoms with E-state index in [0.717, 1.165) is 17.1 Å². The van der Waals surface area contributed by atoms with Crippen LogP contribution in [-0.4, -0.2) is 66.1 Å². The van der Waals surface area contributed by atoms with Gasteiger partial charge in [0.15, 0.2) is 0 Å². The van der Waals surface area contributed by atoms with Gasteiger partial charge in [-0.15, -0.1) is 0 Å². The molecule has 0 aliphatic carbocycles. The number of nitrogens with one attached hydrogen (secondary N) is 1. The second-order valence-corrected chi connectivity index (χ2v) is 11.5. The van der Waals surface area contributed by atoms with Crippen LogP contribution in [0.2, 0.25) is 0 Å². The summed E-state index contributed by atoms with van der Waals surface area (Å²) in [4.78, 5) is 23.0. The zero-order valence-corrected chi connectivity index (χ0v) is 20.6. The van der Waals surface area contributed by atoms with Gasteiger partial charge >= 0.3 is 5.97 Å². The Hall–Kier alpha value is -2.26. The lowest BCUT2D eigenvalue weighted by Crippen LogP contribution is -2.61. The van der Waals surface area contributed by atoms with Crippen LogP contribution in [0.25, 0.3) is 0 Å². The van der Waals surface area contributed by atoms with Crippen molar-refractivity contribution in [1.82, 2.24) is 9.79 Å². The van der Waals surface area contributed by atoms with Gasteiger partial charge in [-0.1, -0.05) is 11.8 Å². The molecule has 0 spiro atoms. The zero-order chi connectivity index (χ0) is 24.5. The van der Waals surface area contributed by atoms with Crippen molar-refractivity contribution in [2.75, 3.05) is 25.5 Å². The molecule has 1 fully saturated rings. The van der Waals surface area contributed by atoms with E-state index in [9.17, 15) is 18.0 Å². The Kier molecular flexibility index (Phi) is 10.0. The molecule has 1 amide bonds. The van der Waals surface area contributed by atoms with Crippen molar-refractivity contribution in [3.05, 3.63) is 24.3 Å². The third-order valence-corrected chi connectivity index (χ3v) is 8.19. The Balaban J connectivity index is 1.95. The highest BCUT2D eigenvalue weighted by molar-refractivity contribution is 8.00. The van der Waals surface area contributed by atoms with Gasteiger partial charge in [-0.05, 0) is 51.0 Å². The fraction of sp³-hybridized carbons (Fsp3) is 0.545. The molecule has 0 bridgehead atoms. The van der Waals surface area contributed by atoms with E-state index in [0.29, 0.717) is 24.5 Å². The molecule has 33 heavy (non-hydrogen) atoms. The molecule has 0 aromatic heterocycles. The first-order valence-electron chi connectivity index (χ1n) is 10.5. The first-order chi connectivity index (χ1) is 15.6. The Morgan fingerprint density at radius 2 is 1.94 bits per heavy atom. The summed E-state index contributed by atoms with van der Waals surface area (Å²) >= 11 is 1.48. The standard InChI is InChI=1S/C22H30N2O7S2/c1-17(25)30-14-7-5-4-6-8-15-31-18-9-11-19(12-10-18)33(28,29)24-13-16-32-22(2,3)20(24)21(26)23-27/h9-12,20,27H,4-5,7,13-16H2,1-3H3,(H,23,26)/t20-/m0/s1. The lowest BCUT2D eigenvalue weighted by Gasteiger charge is -2.43. The van der Waals surface area contributed by atoms with E-state index in [1.807, 2.05) is 0 Å². The van der Waals surface area contributed by atoms with E-state index < -0.39 is 26.7 Å². The summed E-state index contributed by atoms with van der Waals surface area (Å²) in [5, 5.41) is 9.13. The number of hydroxylamine groups is 1. The average molecular weight is 499 g/mol. The summed E-state index contributed by atoms with van der Waals surface area (Å²) in [7, 11) is -3.97. The molecule has 0 unspecified atom stereocenters. The number of benzene rings is 1. The van der Waals surface area contributed by atoms with E-state index in [-0.39, 0.29) is 24.0 Å². The fourth-order valence-electron chi connectivity index (χ4n) is 3.35. The molecule has 1 aromatic carbocycles. The van der Waals surface area contributed by atoms with Gasteiger partial charge < -0.3 is 9.47 Å². The van der Waals surface area contributed by atoms with E-state index in [1.54, 1.807) is 31.5 Å². The zero-order valence-electron chi connectivity index (χ0n) is 19.0. The molecule has 1 saturated heterocycles. The molecule has 0 radical (unpaired) electrons. The predicted octanol–water partition coefficient (Wildman–Crippen LogP) is 2.19. The van der Waals surface area contributed by atoms with Gasteiger partial charge in [0.25, 0.3) is 5.91 Å². The largest absolute Gasteiger partial charge is 0.481 e. The first kappa shape index (κ1) is 27.0. The van der Waals surface area contributed by atoms with Crippen LogP contribution < -0.4 is 10.2 Å². The van der Waals surface area contributed by atoms with Gasteiger partial charge in [0.05, 0.1) is 11.5 Å². The minimum absolute atomic E-state index is 0.0344. The van der Waals surface area contributed by atoms with Crippen LogP contribution in [0, 0.1) is 11.8 Å². The Labute approximate surface area is 199 Å². The third-order valence-electron chi connectivity index (χ3n) is 4.96. The molecule has 11 heteroatoms. The number of amides is 1. The maximum absolute atomic E-state index is 13.2. The Morgan fingerprint density at radius 3 is 2.58 bits per heavy atom. The number of carbonyl (C=O) groups excluding carboxylic acids is 2. The molecule has 2 rings (SSSR count). The number of rotatable bonds is 9. The van der Waals surface area contributed by atoms with Gasteiger partial charge in [0, 0.05) is 30.4 Å². The normalized spacial score (nSPS) is 18.0. The van der Waals surface area contributed by atoms with Gasteiger partial charge in [-0.3, -0.25) is 14.8 Å². The number of hydrogen-bond acceptors (Lipinski definition) is 8. The van der Waals surface area contributed by atoms with Gasteiger partial charge in [0.1, 0.15) is 18.4 Å². The lowest BCUT2D eigenvalue weighted by atomic mass is 10.0. The summed E-state index contributed by atoms with van der Waals surface area (Å²) in [5.74, 6) is 5.81. The Bertz CT molecular complexity index is 982. The maximum Gasteiger partial charge on any atom is 0.302 e. The van der Waals surface area contributed by atoms with Crippen LogP contribution in [0.4, 0.5) is 0 Å². The van der Waals surface area contributed by atoms with Crippen LogP contribution in [0.3, 0.4) is 0 Å². The predicted molar refractivity (Wildman–Crippen MR) is 124 cm³/mol. The van der Waals surface area contributed by atoms with Gasteiger partial charge in [-0.25, -0.2) is 13.9 Å². The van der Waals surface area contributed by atoms with E-state index in [1.165, 1.54) is 30.8 Å². The quantitative estimate of drug-likeness (QED) is 0.175. The molecule has 9 nitrogen and oxygen atoms in total. The van der Waals surface area contributed by atoms with Crippen LogP contribution in [0.5, 0.6) is 5.75 Å². The van der Waals surface area contributed by atoms with Crippen molar-refractivity contribution < 1.29 is 32.7 Å². The fourth-order valence-corrected chi connectivity index (χ4v) is 6.46. The van der Waals surface area contributed by atoms with Crippen molar-refractivity contribution in [1.29, 1.82) is 0 Å². The molecule has 1 aliphatic rings. The SMILES string of the molecule is CC(=O)OCCCCC#CCOc1ccc(S(=O)(=O)N2CCSC(C)(C)[C@@H]2C(=O)NO)cc1. The van der Waals surface area contributed by atoms with Crippen LogP contribution in [-0.2, 0) is 24.3 Å². The Morgan fingerprint density at radius 1 is 1.24 bits per heavy atom. The molecule has 182 valence electrons. The average Bonchev–Trinajstić information content (AvgIpc) is 2.76. The third kappa shape index (κ3) is 7.64. The second kappa shape index (κ2) is 12.3. The number of unbranched alkanes of at least 4 members (excludes halogenated alkanes) is 2. The highest BCUT2D eigenvalue weighted by Crippen LogP contribution is 2.38. The number of thioether (sulfide) groups is 1. The number of nitrogens with zero attached hydrogens (tertiary/aromatic N) is 1. The number of sulfonamides is 1. The van der Waals surface area contributed by atoms with E-state index in [2.05, 4.69) is 11.8 Å². The number of hydrogen-bond donors (Lipinski definition) is 2. The lowest BCUT2D eigenvalue weighted by molar-refractivity contribution is -0.141. The summed E-state index contributed by atoms with van der Waals surface area (Å²) in [6, 6.07) is 4.88. The number of carbonyl (C=O) groups is 2. The van der Waals surface area contributed by atoms with Crippen molar-refractivity contribution in [2.45, 2.75) is 55.7 Å². The second-order valence-electron chi connectivity index (χ2n) is 7.86. The monoisotopic (exact) mass is 498 g/mol. The number of esters is 1. The summed E-state index contributed by atoms with van der Waals surface area (Å²) in [5.41, 5.74) is 1.59. The van der Waals surface area contributed by atoms with E-state index >= 15 is 0 Å². The van der Waals surface area contributed by atoms with Crippen molar-refractivity contribution >= 4 is 33.7 Å². The van der Waals surface area contributed by atoms with Gasteiger partial charge in [0.2, 0.25) is 10.0 Å².